The standard InChI is InChI=1S/C24H24N2O2S/c1-26(18-20-11-6-3-7-12-20)24(29)25-23(27)21-13-8-14-22(17-21)28-16-15-19-9-4-2-5-10-19/h2-14,17H,15-16,18H2,1H3,(H,25,27,29). The molecule has 3 aromatic rings. The van der Waals surface area contributed by atoms with Crippen LogP contribution in [0.3, 0.4) is 0 Å². The van der Waals surface area contributed by atoms with Crippen molar-refractivity contribution in [2.24, 2.45) is 0 Å². The van der Waals surface area contributed by atoms with Gasteiger partial charge in [0.05, 0.1) is 6.61 Å². The highest BCUT2D eigenvalue weighted by molar-refractivity contribution is 7.80. The van der Waals surface area contributed by atoms with Crippen LogP contribution >= 0.6 is 12.2 Å². The SMILES string of the molecule is CN(Cc1ccccc1)C(=S)NC(=O)c1cccc(OCCc2ccccc2)c1. The largest absolute Gasteiger partial charge is 0.493 e. The number of nitrogens with one attached hydrogen (secondary N) is 1. The molecule has 0 spiro atoms. The van der Waals surface area contributed by atoms with E-state index >= 15 is 0 Å². The summed E-state index contributed by atoms with van der Waals surface area (Å²) in [6, 6.07) is 27.3. The first-order chi connectivity index (χ1) is 14.1. The molecule has 0 radical (unpaired) electrons. The summed E-state index contributed by atoms with van der Waals surface area (Å²) in [5, 5.41) is 3.17. The van der Waals surface area contributed by atoms with Gasteiger partial charge >= 0.3 is 0 Å². The molecular formula is C24H24N2O2S. The second-order valence-corrected chi connectivity index (χ2v) is 7.10. The average molecular weight is 405 g/mol. The smallest absolute Gasteiger partial charge is 0.257 e. The normalized spacial score (nSPS) is 10.2. The lowest BCUT2D eigenvalue weighted by molar-refractivity contribution is 0.0973. The van der Waals surface area contributed by atoms with Crippen LogP contribution in [-0.4, -0.2) is 29.6 Å². The minimum absolute atomic E-state index is 0.247. The van der Waals surface area contributed by atoms with Gasteiger partial charge in [0.1, 0.15) is 5.75 Å². The molecule has 5 heteroatoms. The molecule has 0 fully saturated rings. The molecule has 1 N–H and O–H groups in total. The van der Waals surface area contributed by atoms with Gasteiger partial charge in [-0.2, -0.15) is 0 Å². The monoisotopic (exact) mass is 404 g/mol. The van der Waals surface area contributed by atoms with E-state index in [2.05, 4.69) is 17.4 Å². The molecule has 0 atom stereocenters. The van der Waals surface area contributed by atoms with Crippen molar-refractivity contribution >= 4 is 23.2 Å². The van der Waals surface area contributed by atoms with Gasteiger partial charge < -0.3 is 9.64 Å². The van der Waals surface area contributed by atoms with E-state index in [1.54, 1.807) is 12.1 Å². The Labute approximate surface area is 177 Å². The van der Waals surface area contributed by atoms with Gasteiger partial charge in [-0.25, -0.2) is 0 Å². The third-order valence-corrected chi connectivity index (χ3v) is 4.84. The van der Waals surface area contributed by atoms with Crippen LogP contribution in [0.2, 0.25) is 0 Å². The number of thiocarbonyl (C=S) groups is 1. The number of rotatable bonds is 7. The summed E-state index contributed by atoms with van der Waals surface area (Å²) < 4.78 is 5.81. The Morgan fingerprint density at radius 3 is 2.28 bits per heavy atom. The van der Waals surface area contributed by atoms with Crippen molar-refractivity contribution in [2.45, 2.75) is 13.0 Å². The summed E-state index contributed by atoms with van der Waals surface area (Å²) in [7, 11) is 1.86. The Morgan fingerprint density at radius 2 is 1.59 bits per heavy atom. The minimum Gasteiger partial charge on any atom is -0.493 e. The van der Waals surface area contributed by atoms with Crippen molar-refractivity contribution in [1.29, 1.82) is 0 Å². The molecule has 3 rings (SSSR count). The van der Waals surface area contributed by atoms with E-state index in [4.69, 9.17) is 17.0 Å². The summed E-state index contributed by atoms with van der Waals surface area (Å²) in [4.78, 5) is 14.4. The predicted molar refractivity (Wildman–Crippen MR) is 120 cm³/mol. The van der Waals surface area contributed by atoms with Crippen LogP contribution in [-0.2, 0) is 13.0 Å². The Morgan fingerprint density at radius 1 is 0.931 bits per heavy atom. The van der Waals surface area contributed by atoms with E-state index in [9.17, 15) is 4.79 Å². The van der Waals surface area contributed by atoms with E-state index in [1.807, 2.05) is 72.6 Å². The highest BCUT2D eigenvalue weighted by atomic mass is 32.1. The van der Waals surface area contributed by atoms with Crippen molar-refractivity contribution in [2.75, 3.05) is 13.7 Å². The van der Waals surface area contributed by atoms with E-state index < -0.39 is 0 Å². The molecule has 0 aromatic heterocycles. The van der Waals surface area contributed by atoms with Crippen molar-refractivity contribution in [1.82, 2.24) is 10.2 Å². The Bertz CT molecular complexity index is 945. The predicted octanol–water partition coefficient (Wildman–Crippen LogP) is 4.45. The number of ether oxygens (including phenoxy) is 1. The third kappa shape index (κ3) is 6.43. The van der Waals surface area contributed by atoms with Gasteiger partial charge in [0, 0.05) is 25.6 Å². The second-order valence-electron chi connectivity index (χ2n) is 6.71. The van der Waals surface area contributed by atoms with Crippen LogP contribution in [0.5, 0.6) is 5.75 Å². The zero-order chi connectivity index (χ0) is 20.5. The number of hydrogen-bond acceptors (Lipinski definition) is 3. The summed E-state index contributed by atoms with van der Waals surface area (Å²) in [6.45, 7) is 1.18. The number of nitrogens with zero attached hydrogens (tertiary/aromatic N) is 1. The fourth-order valence-electron chi connectivity index (χ4n) is 2.85. The lowest BCUT2D eigenvalue weighted by Crippen LogP contribution is -2.40. The van der Waals surface area contributed by atoms with E-state index in [0.29, 0.717) is 29.6 Å². The first-order valence-electron chi connectivity index (χ1n) is 9.49. The van der Waals surface area contributed by atoms with Gasteiger partial charge in [-0.05, 0) is 41.5 Å². The Balaban J connectivity index is 1.52. The lowest BCUT2D eigenvalue weighted by atomic mass is 10.2. The molecule has 29 heavy (non-hydrogen) atoms. The first kappa shape index (κ1) is 20.6. The summed E-state index contributed by atoms with van der Waals surface area (Å²) in [5.74, 6) is 0.417. The number of hydrogen-bond donors (Lipinski definition) is 1. The maximum atomic E-state index is 12.6. The van der Waals surface area contributed by atoms with Crippen molar-refractivity contribution in [3.8, 4) is 5.75 Å². The van der Waals surface area contributed by atoms with Crippen LogP contribution in [0.1, 0.15) is 21.5 Å². The molecule has 0 aliphatic heterocycles. The molecular weight excluding hydrogens is 380 g/mol. The van der Waals surface area contributed by atoms with Crippen LogP contribution < -0.4 is 10.1 Å². The van der Waals surface area contributed by atoms with E-state index in [1.165, 1.54) is 5.56 Å². The van der Waals surface area contributed by atoms with Crippen LogP contribution in [0.4, 0.5) is 0 Å². The van der Waals surface area contributed by atoms with E-state index in [0.717, 1.165) is 12.0 Å². The zero-order valence-electron chi connectivity index (χ0n) is 16.4. The van der Waals surface area contributed by atoms with Crippen molar-refractivity contribution in [3.63, 3.8) is 0 Å². The van der Waals surface area contributed by atoms with Crippen molar-refractivity contribution < 1.29 is 9.53 Å². The lowest BCUT2D eigenvalue weighted by Gasteiger charge is -2.20. The fraction of sp³-hybridized carbons (Fsp3) is 0.167. The summed E-state index contributed by atoms with van der Waals surface area (Å²) in [6.07, 6.45) is 0.811. The molecule has 148 valence electrons. The third-order valence-electron chi connectivity index (χ3n) is 4.43. The molecule has 0 aliphatic carbocycles. The number of amides is 1. The average Bonchev–Trinajstić information content (AvgIpc) is 2.75. The van der Waals surface area contributed by atoms with Gasteiger partial charge in [0.15, 0.2) is 5.11 Å². The minimum atomic E-state index is -0.247. The topological polar surface area (TPSA) is 41.6 Å². The second kappa shape index (κ2) is 10.4. The molecule has 0 bridgehead atoms. The molecule has 0 unspecified atom stereocenters. The summed E-state index contributed by atoms with van der Waals surface area (Å²) >= 11 is 5.37. The van der Waals surface area contributed by atoms with Crippen LogP contribution in [0, 0.1) is 0 Å². The van der Waals surface area contributed by atoms with Gasteiger partial charge in [0.2, 0.25) is 0 Å². The maximum Gasteiger partial charge on any atom is 0.257 e. The molecule has 0 saturated heterocycles. The highest BCUT2D eigenvalue weighted by Gasteiger charge is 2.12. The molecule has 0 heterocycles. The van der Waals surface area contributed by atoms with Gasteiger partial charge in [-0.3, -0.25) is 10.1 Å². The molecule has 3 aromatic carbocycles. The summed E-state index contributed by atoms with van der Waals surface area (Å²) in [5.41, 5.74) is 2.85. The fourth-order valence-corrected chi connectivity index (χ4v) is 3.01. The molecule has 0 saturated carbocycles. The number of carbonyl (C=O) groups excluding carboxylic acids is 1. The maximum absolute atomic E-state index is 12.6. The van der Waals surface area contributed by atoms with Gasteiger partial charge in [-0.15, -0.1) is 0 Å². The van der Waals surface area contributed by atoms with Gasteiger partial charge in [-0.1, -0.05) is 66.7 Å². The Kier molecular flexibility index (Phi) is 7.36. The van der Waals surface area contributed by atoms with E-state index in [-0.39, 0.29) is 5.91 Å². The Hall–Kier alpha value is -3.18. The highest BCUT2D eigenvalue weighted by Crippen LogP contribution is 2.14. The van der Waals surface area contributed by atoms with Crippen LogP contribution in [0.15, 0.2) is 84.9 Å². The molecule has 4 nitrogen and oxygen atoms in total. The molecule has 0 aliphatic rings. The quantitative estimate of drug-likeness (QED) is 0.591. The number of carbonyl (C=O) groups is 1. The zero-order valence-corrected chi connectivity index (χ0v) is 17.2. The van der Waals surface area contributed by atoms with Crippen molar-refractivity contribution in [3.05, 3.63) is 102 Å². The van der Waals surface area contributed by atoms with Gasteiger partial charge in [0.25, 0.3) is 5.91 Å². The molecule has 1 amide bonds. The van der Waals surface area contributed by atoms with Crippen LogP contribution in [0.25, 0.3) is 0 Å². The first-order valence-corrected chi connectivity index (χ1v) is 9.90. The number of benzene rings is 3.